The number of amides is 1. The van der Waals surface area contributed by atoms with Crippen molar-refractivity contribution in [2.24, 2.45) is 0 Å². The summed E-state index contributed by atoms with van der Waals surface area (Å²) in [6.07, 6.45) is 0. The molecule has 0 saturated carbocycles. The first-order chi connectivity index (χ1) is 11.1. The molecule has 0 aliphatic carbocycles. The first-order valence-electron chi connectivity index (χ1n) is 7.63. The number of ether oxygens (including phenoxy) is 2. The maximum Gasteiger partial charge on any atom is 0.243 e. The molecule has 0 unspecified atom stereocenters. The lowest BCUT2D eigenvalue weighted by molar-refractivity contribution is -0.114. The van der Waals surface area contributed by atoms with Crippen LogP contribution in [0, 0.1) is 13.8 Å². The van der Waals surface area contributed by atoms with Gasteiger partial charge in [-0.2, -0.15) is 0 Å². The zero-order valence-electron chi connectivity index (χ0n) is 13.3. The molecule has 1 aliphatic rings. The van der Waals surface area contributed by atoms with E-state index in [-0.39, 0.29) is 12.5 Å². The van der Waals surface area contributed by atoms with Gasteiger partial charge >= 0.3 is 0 Å². The van der Waals surface area contributed by atoms with Gasteiger partial charge in [-0.25, -0.2) is 0 Å². The van der Waals surface area contributed by atoms with Gasteiger partial charge in [0.15, 0.2) is 11.5 Å². The van der Waals surface area contributed by atoms with Crippen molar-refractivity contribution in [2.45, 2.75) is 13.8 Å². The number of fused-ring (bicyclic) bond motifs is 1. The molecule has 2 aromatic carbocycles. The van der Waals surface area contributed by atoms with Gasteiger partial charge in [0.25, 0.3) is 0 Å². The second-order valence-corrected chi connectivity index (χ2v) is 5.51. The van der Waals surface area contributed by atoms with E-state index < -0.39 is 0 Å². The van der Waals surface area contributed by atoms with Crippen LogP contribution in [0.5, 0.6) is 11.5 Å². The Kier molecular flexibility index (Phi) is 4.37. The highest BCUT2D eigenvalue weighted by Crippen LogP contribution is 2.32. The molecule has 0 radical (unpaired) electrons. The number of nitrogens with one attached hydrogen (secondary N) is 2. The van der Waals surface area contributed by atoms with Crippen LogP contribution in [-0.2, 0) is 4.79 Å². The van der Waals surface area contributed by atoms with Gasteiger partial charge in [0.05, 0.1) is 6.54 Å². The third kappa shape index (κ3) is 3.56. The Bertz CT molecular complexity index is 728. The number of carbonyl (C=O) groups is 1. The normalized spacial score (nSPS) is 12.6. The SMILES string of the molecule is Cc1cccc(NCC(=O)Nc2ccc3c(c2)OCCO3)c1C. The molecule has 0 aromatic heterocycles. The van der Waals surface area contributed by atoms with Crippen LogP contribution in [-0.4, -0.2) is 25.7 Å². The summed E-state index contributed by atoms with van der Waals surface area (Å²) in [5.74, 6) is 1.27. The Labute approximate surface area is 135 Å². The molecule has 3 rings (SSSR count). The third-order valence-corrected chi connectivity index (χ3v) is 3.87. The van der Waals surface area contributed by atoms with Crippen molar-refractivity contribution in [2.75, 3.05) is 30.4 Å². The highest BCUT2D eigenvalue weighted by atomic mass is 16.6. The highest BCUT2D eigenvalue weighted by molar-refractivity contribution is 5.94. The fraction of sp³-hybridized carbons (Fsp3) is 0.278. The summed E-state index contributed by atoms with van der Waals surface area (Å²) in [4.78, 5) is 12.1. The van der Waals surface area contributed by atoms with Crippen molar-refractivity contribution in [3.63, 3.8) is 0 Å². The topological polar surface area (TPSA) is 59.6 Å². The molecule has 1 heterocycles. The Balaban J connectivity index is 1.60. The number of benzene rings is 2. The van der Waals surface area contributed by atoms with Crippen LogP contribution in [0.25, 0.3) is 0 Å². The molecule has 0 bridgehead atoms. The molecular weight excluding hydrogens is 292 g/mol. The van der Waals surface area contributed by atoms with Gasteiger partial charge in [-0.3, -0.25) is 4.79 Å². The van der Waals surface area contributed by atoms with Crippen molar-refractivity contribution in [3.8, 4) is 11.5 Å². The van der Waals surface area contributed by atoms with Crippen molar-refractivity contribution < 1.29 is 14.3 Å². The number of rotatable bonds is 4. The molecule has 0 spiro atoms. The summed E-state index contributed by atoms with van der Waals surface area (Å²) >= 11 is 0. The van der Waals surface area contributed by atoms with Gasteiger partial charge in [0.2, 0.25) is 5.91 Å². The molecule has 1 amide bonds. The molecule has 5 nitrogen and oxygen atoms in total. The van der Waals surface area contributed by atoms with Gasteiger partial charge in [-0.15, -0.1) is 0 Å². The number of anilines is 2. The van der Waals surface area contributed by atoms with Crippen LogP contribution in [0.1, 0.15) is 11.1 Å². The summed E-state index contributed by atoms with van der Waals surface area (Å²) < 4.78 is 11.0. The predicted octanol–water partition coefficient (Wildman–Crippen LogP) is 3.13. The molecule has 2 aromatic rings. The van der Waals surface area contributed by atoms with E-state index in [1.807, 2.05) is 31.2 Å². The smallest absolute Gasteiger partial charge is 0.243 e. The van der Waals surface area contributed by atoms with Crippen molar-refractivity contribution >= 4 is 17.3 Å². The number of carbonyl (C=O) groups excluding carboxylic acids is 1. The van der Waals surface area contributed by atoms with E-state index in [9.17, 15) is 4.79 Å². The van der Waals surface area contributed by atoms with Gasteiger partial charge in [0, 0.05) is 17.4 Å². The second-order valence-electron chi connectivity index (χ2n) is 5.51. The van der Waals surface area contributed by atoms with Gasteiger partial charge in [0.1, 0.15) is 13.2 Å². The summed E-state index contributed by atoms with van der Waals surface area (Å²) in [6.45, 7) is 5.38. The van der Waals surface area contributed by atoms with Crippen LogP contribution >= 0.6 is 0 Å². The molecule has 0 atom stereocenters. The summed E-state index contributed by atoms with van der Waals surface area (Å²) in [7, 11) is 0. The maximum absolute atomic E-state index is 12.1. The molecule has 23 heavy (non-hydrogen) atoms. The Morgan fingerprint density at radius 3 is 2.70 bits per heavy atom. The lowest BCUT2D eigenvalue weighted by Gasteiger charge is -2.19. The van der Waals surface area contributed by atoms with E-state index in [1.165, 1.54) is 5.56 Å². The zero-order chi connectivity index (χ0) is 16.2. The molecule has 0 saturated heterocycles. The average Bonchev–Trinajstić information content (AvgIpc) is 2.56. The molecule has 120 valence electrons. The van der Waals surface area contributed by atoms with E-state index >= 15 is 0 Å². The third-order valence-electron chi connectivity index (χ3n) is 3.87. The number of hydrogen-bond donors (Lipinski definition) is 2. The maximum atomic E-state index is 12.1. The van der Waals surface area contributed by atoms with Crippen LogP contribution in [0.4, 0.5) is 11.4 Å². The summed E-state index contributed by atoms with van der Waals surface area (Å²) in [6, 6.07) is 11.4. The monoisotopic (exact) mass is 312 g/mol. The van der Waals surface area contributed by atoms with Crippen molar-refractivity contribution in [1.82, 2.24) is 0 Å². The highest BCUT2D eigenvalue weighted by Gasteiger charge is 2.12. The Hall–Kier alpha value is -2.69. The lowest BCUT2D eigenvalue weighted by atomic mass is 10.1. The molecule has 1 aliphatic heterocycles. The van der Waals surface area contributed by atoms with Crippen molar-refractivity contribution in [1.29, 1.82) is 0 Å². The van der Waals surface area contributed by atoms with Crippen LogP contribution in [0.3, 0.4) is 0 Å². The van der Waals surface area contributed by atoms with E-state index in [2.05, 4.69) is 23.6 Å². The second kappa shape index (κ2) is 6.60. The average molecular weight is 312 g/mol. The minimum atomic E-state index is -0.109. The van der Waals surface area contributed by atoms with Gasteiger partial charge in [-0.05, 0) is 43.2 Å². The fourth-order valence-corrected chi connectivity index (χ4v) is 2.44. The molecule has 5 heteroatoms. The predicted molar refractivity (Wildman–Crippen MR) is 90.5 cm³/mol. The van der Waals surface area contributed by atoms with E-state index in [0.29, 0.717) is 30.4 Å². The van der Waals surface area contributed by atoms with Crippen LogP contribution < -0.4 is 20.1 Å². The molecular formula is C18H20N2O3. The minimum absolute atomic E-state index is 0.109. The molecule has 0 fully saturated rings. The van der Waals surface area contributed by atoms with E-state index in [1.54, 1.807) is 6.07 Å². The van der Waals surface area contributed by atoms with Gasteiger partial charge < -0.3 is 20.1 Å². The Morgan fingerprint density at radius 1 is 1.09 bits per heavy atom. The largest absolute Gasteiger partial charge is 0.486 e. The first-order valence-corrected chi connectivity index (χ1v) is 7.63. The quantitative estimate of drug-likeness (QED) is 0.910. The number of hydrogen-bond acceptors (Lipinski definition) is 4. The van der Waals surface area contributed by atoms with E-state index in [4.69, 9.17) is 9.47 Å². The summed E-state index contributed by atoms with van der Waals surface area (Å²) in [5.41, 5.74) is 4.02. The van der Waals surface area contributed by atoms with Crippen molar-refractivity contribution in [3.05, 3.63) is 47.5 Å². The van der Waals surface area contributed by atoms with E-state index in [0.717, 1.165) is 11.3 Å². The first kappa shape index (κ1) is 15.2. The standard InChI is InChI=1S/C18H20N2O3/c1-12-4-3-5-15(13(12)2)19-11-18(21)20-14-6-7-16-17(10-14)23-9-8-22-16/h3-7,10,19H,8-9,11H2,1-2H3,(H,20,21). The molecule has 2 N–H and O–H groups in total. The van der Waals surface area contributed by atoms with Gasteiger partial charge in [-0.1, -0.05) is 12.1 Å². The fourth-order valence-electron chi connectivity index (χ4n) is 2.44. The lowest BCUT2D eigenvalue weighted by Crippen LogP contribution is -2.22. The van der Waals surface area contributed by atoms with Crippen LogP contribution in [0.2, 0.25) is 0 Å². The number of aryl methyl sites for hydroxylation is 1. The zero-order valence-corrected chi connectivity index (χ0v) is 13.3. The minimum Gasteiger partial charge on any atom is -0.486 e. The van der Waals surface area contributed by atoms with Crippen LogP contribution in [0.15, 0.2) is 36.4 Å². The summed E-state index contributed by atoms with van der Waals surface area (Å²) in [5, 5.41) is 6.03. The Morgan fingerprint density at radius 2 is 1.87 bits per heavy atom.